The molecule has 0 aromatic heterocycles. The minimum absolute atomic E-state index is 0.225. The Morgan fingerprint density at radius 2 is 2.05 bits per heavy atom. The van der Waals surface area contributed by atoms with E-state index < -0.39 is 5.97 Å². The second kappa shape index (κ2) is 7.63. The Morgan fingerprint density at radius 1 is 1.37 bits per heavy atom. The number of hydrogen-bond acceptors (Lipinski definition) is 4. The van der Waals surface area contributed by atoms with Crippen LogP contribution in [-0.4, -0.2) is 42.2 Å². The highest BCUT2D eigenvalue weighted by Crippen LogP contribution is 2.23. The SMILES string of the molecule is CCN(CC)CCCNc1c(N)cccc1C(=O)O. The van der Waals surface area contributed by atoms with Gasteiger partial charge in [0, 0.05) is 6.54 Å². The van der Waals surface area contributed by atoms with Crippen LogP contribution in [0.1, 0.15) is 30.6 Å². The van der Waals surface area contributed by atoms with Crippen LogP contribution in [0.5, 0.6) is 0 Å². The lowest BCUT2D eigenvalue weighted by Gasteiger charge is -2.18. The maximum absolute atomic E-state index is 11.1. The van der Waals surface area contributed by atoms with E-state index in [9.17, 15) is 4.79 Å². The number of nitrogens with zero attached hydrogens (tertiary/aromatic N) is 1. The van der Waals surface area contributed by atoms with Crippen LogP contribution in [0, 0.1) is 0 Å². The van der Waals surface area contributed by atoms with Gasteiger partial charge in [0.05, 0.1) is 16.9 Å². The molecule has 106 valence electrons. The van der Waals surface area contributed by atoms with Crippen molar-refractivity contribution in [1.29, 1.82) is 0 Å². The molecule has 4 N–H and O–H groups in total. The molecular weight excluding hydrogens is 242 g/mol. The van der Waals surface area contributed by atoms with E-state index in [0.29, 0.717) is 17.9 Å². The van der Waals surface area contributed by atoms with Crippen molar-refractivity contribution in [2.24, 2.45) is 0 Å². The molecule has 0 radical (unpaired) electrons. The number of anilines is 2. The van der Waals surface area contributed by atoms with Crippen LogP contribution >= 0.6 is 0 Å². The molecule has 0 bridgehead atoms. The van der Waals surface area contributed by atoms with E-state index in [-0.39, 0.29) is 5.56 Å². The summed E-state index contributed by atoms with van der Waals surface area (Å²) in [6.07, 6.45) is 0.953. The predicted molar refractivity (Wildman–Crippen MR) is 78.7 cm³/mol. The zero-order valence-corrected chi connectivity index (χ0v) is 11.6. The minimum Gasteiger partial charge on any atom is -0.478 e. The van der Waals surface area contributed by atoms with Gasteiger partial charge in [-0.2, -0.15) is 0 Å². The van der Waals surface area contributed by atoms with Crippen molar-refractivity contribution in [3.8, 4) is 0 Å². The zero-order chi connectivity index (χ0) is 14.3. The van der Waals surface area contributed by atoms with E-state index in [4.69, 9.17) is 10.8 Å². The monoisotopic (exact) mass is 265 g/mol. The van der Waals surface area contributed by atoms with Gasteiger partial charge in [-0.25, -0.2) is 4.79 Å². The molecule has 0 amide bonds. The highest BCUT2D eigenvalue weighted by molar-refractivity contribution is 5.97. The number of carbonyl (C=O) groups is 1. The third-order valence-corrected chi connectivity index (χ3v) is 3.17. The van der Waals surface area contributed by atoms with Crippen LogP contribution in [0.4, 0.5) is 11.4 Å². The molecule has 0 spiro atoms. The van der Waals surface area contributed by atoms with E-state index in [1.165, 1.54) is 0 Å². The fourth-order valence-electron chi connectivity index (χ4n) is 2.00. The number of aromatic carboxylic acids is 1. The lowest BCUT2D eigenvalue weighted by Crippen LogP contribution is -2.25. The first kappa shape index (κ1) is 15.3. The van der Waals surface area contributed by atoms with Crippen LogP contribution < -0.4 is 11.1 Å². The maximum atomic E-state index is 11.1. The second-order valence-electron chi connectivity index (χ2n) is 4.38. The van der Waals surface area contributed by atoms with Gasteiger partial charge in [-0.3, -0.25) is 0 Å². The molecule has 19 heavy (non-hydrogen) atoms. The summed E-state index contributed by atoms with van der Waals surface area (Å²) in [5.41, 5.74) is 7.04. The van der Waals surface area contributed by atoms with E-state index >= 15 is 0 Å². The maximum Gasteiger partial charge on any atom is 0.337 e. The number of carboxylic acids is 1. The molecule has 0 unspecified atom stereocenters. The fourth-order valence-corrected chi connectivity index (χ4v) is 2.00. The summed E-state index contributed by atoms with van der Waals surface area (Å²) in [5, 5.41) is 12.2. The summed E-state index contributed by atoms with van der Waals surface area (Å²) in [5.74, 6) is -0.960. The number of carboxylic acid groups (broad SMARTS) is 1. The summed E-state index contributed by atoms with van der Waals surface area (Å²) >= 11 is 0. The fraction of sp³-hybridized carbons (Fsp3) is 0.500. The molecule has 0 aliphatic rings. The van der Waals surface area contributed by atoms with Crippen LogP contribution in [-0.2, 0) is 0 Å². The zero-order valence-electron chi connectivity index (χ0n) is 11.6. The molecule has 0 fully saturated rings. The summed E-state index contributed by atoms with van der Waals surface area (Å²) < 4.78 is 0. The van der Waals surface area contributed by atoms with Gasteiger partial charge in [-0.15, -0.1) is 0 Å². The Morgan fingerprint density at radius 3 is 2.63 bits per heavy atom. The van der Waals surface area contributed by atoms with Gasteiger partial charge in [0.15, 0.2) is 0 Å². The number of nitrogens with two attached hydrogens (primary N) is 1. The molecule has 0 aliphatic heterocycles. The Hall–Kier alpha value is -1.75. The molecule has 1 rings (SSSR count). The Balaban J connectivity index is 2.56. The van der Waals surface area contributed by atoms with Crippen molar-refractivity contribution >= 4 is 17.3 Å². The van der Waals surface area contributed by atoms with Crippen LogP contribution in [0.15, 0.2) is 18.2 Å². The highest BCUT2D eigenvalue weighted by Gasteiger charge is 2.11. The van der Waals surface area contributed by atoms with Gasteiger partial charge in [0.2, 0.25) is 0 Å². The number of rotatable bonds is 8. The molecule has 0 atom stereocenters. The molecule has 5 nitrogen and oxygen atoms in total. The smallest absolute Gasteiger partial charge is 0.337 e. The van der Waals surface area contributed by atoms with Crippen molar-refractivity contribution in [2.75, 3.05) is 37.2 Å². The topological polar surface area (TPSA) is 78.6 Å². The Labute approximate surface area is 114 Å². The number of hydrogen-bond donors (Lipinski definition) is 3. The van der Waals surface area contributed by atoms with Crippen molar-refractivity contribution in [1.82, 2.24) is 4.90 Å². The van der Waals surface area contributed by atoms with Crippen LogP contribution in [0.25, 0.3) is 0 Å². The molecule has 5 heteroatoms. The number of para-hydroxylation sites is 1. The summed E-state index contributed by atoms with van der Waals surface area (Å²) in [6.45, 7) is 8.04. The first-order valence-corrected chi connectivity index (χ1v) is 6.68. The van der Waals surface area contributed by atoms with Gasteiger partial charge in [-0.1, -0.05) is 19.9 Å². The average molecular weight is 265 g/mol. The van der Waals surface area contributed by atoms with E-state index in [2.05, 4.69) is 24.1 Å². The van der Waals surface area contributed by atoms with Gasteiger partial charge in [0.1, 0.15) is 0 Å². The van der Waals surface area contributed by atoms with Crippen molar-refractivity contribution < 1.29 is 9.90 Å². The molecule has 1 aromatic carbocycles. The van der Waals surface area contributed by atoms with Crippen molar-refractivity contribution in [3.05, 3.63) is 23.8 Å². The number of benzene rings is 1. The van der Waals surface area contributed by atoms with Crippen LogP contribution in [0.2, 0.25) is 0 Å². The number of nitrogen functional groups attached to an aromatic ring is 1. The lowest BCUT2D eigenvalue weighted by atomic mass is 10.1. The minimum atomic E-state index is -0.960. The molecule has 0 saturated carbocycles. The largest absolute Gasteiger partial charge is 0.478 e. The molecule has 1 aromatic rings. The third kappa shape index (κ3) is 4.44. The highest BCUT2D eigenvalue weighted by atomic mass is 16.4. The number of nitrogens with one attached hydrogen (secondary N) is 1. The Kier molecular flexibility index (Phi) is 6.15. The van der Waals surface area contributed by atoms with Crippen molar-refractivity contribution in [2.45, 2.75) is 20.3 Å². The first-order valence-electron chi connectivity index (χ1n) is 6.68. The molecular formula is C14H23N3O2. The van der Waals surface area contributed by atoms with Gasteiger partial charge in [0.25, 0.3) is 0 Å². The lowest BCUT2D eigenvalue weighted by molar-refractivity contribution is 0.0698. The molecule has 0 heterocycles. The standard InChI is InChI=1S/C14H23N3O2/c1-3-17(4-2)10-6-9-16-13-11(14(18)19)7-5-8-12(13)15/h5,7-8,16H,3-4,6,9-10,15H2,1-2H3,(H,18,19). The van der Waals surface area contributed by atoms with E-state index in [1.807, 2.05) is 0 Å². The van der Waals surface area contributed by atoms with E-state index in [0.717, 1.165) is 26.1 Å². The summed E-state index contributed by atoms with van der Waals surface area (Å²) in [4.78, 5) is 13.4. The molecule has 0 saturated heterocycles. The third-order valence-electron chi connectivity index (χ3n) is 3.17. The second-order valence-corrected chi connectivity index (χ2v) is 4.38. The average Bonchev–Trinajstić information content (AvgIpc) is 2.40. The quantitative estimate of drug-likeness (QED) is 0.495. The van der Waals surface area contributed by atoms with Gasteiger partial charge < -0.3 is 21.1 Å². The van der Waals surface area contributed by atoms with Crippen LogP contribution in [0.3, 0.4) is 0 Å². The van der Waals surface area contributed by atoms with Gasteiger partial charge in [-0.05, 0) is 38.2 Å². The van der Waals surface area contributed by atoms with Gasteiger partial charge >= 0.3 is 5.97 Å². The predicted octanol–water partition coefficient (Wildman–Crippen LogP) is 2.11. The molecule has 0 aliphatic carbocycles. The van der Waals surface area contributed by atoms with E-state index in [1.54, 1.807) is 18.2 Å². The first-order chi connectivity index (χ1) is 9.10. The van der Waals surface area contributed by atoms with Crippen molar-refractivity contribution in [3.63, 3.8) is 0 Å². The normalized spacial score (nSPS) is 10.7. The Bertz CT molecular complexity index is 417. The summed E-state index contributed by atoms with van der Waals surface area (Å²) in [6, 6.07) is 4.92. The summed E-state index contributed by atoms with van der Waals surface area (Å²) in [7, 11) is 0.